The van der Waals surface area contributed by atoms with Gasteiger partial charge < -0.3 is 10.1 Å². The molecule has 0 aromatic heterocycles. The van der Waals surface area contributed by atoms with Gasteiger partial charge in [-0.1, -0.05) is 12.1 Å². The van der Waals surface area contributed by atoms with Gasteiger partial charge >= 0.3 is 5.97 Å². The first-order valence-corrected chi connectivity index (χ1v) is 5.40. The lowest BCUT2D eigenvalue weighted by molar-refractivity contribution is -0.137. The summed E-state index contributed by atoms with van der Waals surface area (Å²) in [6.45, 7) is 1.44. The van der Waals surface area contributed by atoms with E-state index in [-0.39, 0.29) is 17.1 Å². The molecule has 0 saturated heterocycles. The zero-order valence-electron chi connectivity index (χ0n) is 9.07. The molecule has 1 aromatic rings. The van der Waals surface area contributed by atoms with Crippen LogP contribution in [0.4, 0.5) is 5.69 Å². The van der Waals surface area contributed by atoms with Crippen molar-refractivity contribution in [1.82, 2.24) is 0 Å². The number of ether oxygens (including phenoxy) is 1. The number of halogens is 1. The van der Waals surface area contributed by atoms with Crippen LogP contribution in [0.3, 0.4) is 0 Å². The van der Waals surface area contributed by atoms with Gasteiger partial charge in [0, 0.05) is 12.6 Å². The molecule has 1 aromatic carbocycles. The Kier molecular flexibility index (Phi) is 3.15. The van der Waals surface area contributed by atoms with E-state index in [1.807, 2.05) is 0 Å². The number of carbonyl (C=O) groups is 2. The van der Waals surface area contributed by atoms with Crippen molar-refractivity contribution in [3.05, 3.63) is 41.1 Å². The first kappa shape index (κ1) is 11.7. The van der Waals surface area contributed by atoms with Crippen LogP contribution < -0.4 is 5.32 Å². The van der Waals surface area contributed by atoms with E-state index in [0.29, 0.717) is 5.69 Å². The number of cyclic esters (lactones) is 1. The minimum Gasteiger partial charge on any atom is -0.414 e. The van der Waals surface area contributed by atoms with Crippen molar-refractivity contribution in [2.75, 3.05) is 5.32 Å². The van der Waals surface area contributed by atoms with Gasteiger partial charge in [-0.05, 0) is 35.4 Å². The highest BCUT2D eigenvalue weighted by Gasteiger charge is 2.27. The molecule has 0 bridgehead atoms. The first-order valence-electron chi connectivity index (χ1n) is 5.03. The summed E-state index contributed by atoms with van der Waals surface area (Å²) in [5.74, 6) is -0.989. The highest BCUT2D eigenvalue weighted by atomic mass is 35.5. The average Bonchev–Trinajstić information content (AvgIpc) is 2.58. The van der Waals surface area contributed by atoms with Crippen LogP contribution >= 0.6 is 11.6 Å². The minimum atomic E-state index is -0.464. The van der Waals surface area contributed by atoms with Crippen molar-refractivity contribution >= 4 is 29.2 Å². The van der Waals surface area contributed by atoms with Gasteiger partial charge in [-0.15, -0.1) is 0 Å². The van der Waals surface area contributed by atoms with Gasteiger partial charge in [0.15, 0.2) is 5.22 Å². The van der Waals surface area contributed by atoms with Gasteiger partial charge in [0.2, 0.25) is 5.91 Å². The molecule has 0 saturated carbocycles. The van der Waals surface area contributed by atoms with Gasteiger partial charge in [-0.2, -0.15) is 0 Å². The summed E-state index contributed by atoms with van der Waals surface area (Å²) in [6.07, 6.45) is 1.55. The van der Waals surface area contributed by atoms with E-state index in [1.165, 1.54) is 6.92 Å². The summed E-state index contributed by atoms with van der Waals surface area (Å²) in [5.41, 5.74) is 1.46. The molecule has 17 heavy (non-hydrogen) atoms. The van der Waals surface area contributed by atoms with Crippen molar-refractivity contribution in [3.8, 4) is 0 Å². The Hall–Kier alpha value is -1.81. The van der Waals surface area contributed by atoms with E-state index in [1.54, 1.807) is 30.3 Å². The van der Waals surface area contributed by atoms with Crippen LogP contribution in [-0.2, 0) is 14.3 Å². The number of anilines is 1. The monoisotopic (exact) mass is 251 g/mol. The van der Waals surface area contributed by atoms with Crippen molar-refractivity contribution in [3.63, 3.8) is 0 Å². The summed E-state index contributed by atoms with van der Waals surface area (Å²) in [5, 5.41) is 2.75. The third kappa shape index (κ3) is 2.65. The molecule has 1 unspecified atom stereocenters. The first-order chi connectivity index (χ1) is 8.06. The normalized spacial score (nSPS) is 18.6. The zero-order valence-corrected chi connectivity index (χ0v) is 9.82. The van der Waals surface area contributed by atoms with Gasteiger partial charge in [-0.25, -0.2) is 0 Å². The summed E-state index contributed by atoms with van der Waals surface area (Å²) in [7, 11) is 0. The smallest absolute Gasteiger partial charge is 0.323 e. The van der Waals surface area contributed by atoms with E-state index in [0.717, 1.165) is 5.56 Å². The van der Waals surface area contributed by atoms with E-state index in [2.05, 4.69) is 5.32 Å². The molecule has 2 rings (SSSR count). The molecule has 0 spiro atoms. The quantitative estimate of drug-likeness (QED) is 0.821. The maximum absolute atomic E-state index is 11.4. The van der Waals surface area contributed by atoms with Gasteiger partial charge in [0.05, 0.1) is 0 Å². The number of carbonyl (C=O) groups excluding carboxylic acids is 2. The summed E-state index contributed by atoms with van der Waals surface area (Å²) >= 11 is 5.61. The van der Waals surface area contributed by atoms with Crippen molar-refractivity contribution in [2.45, 2.75) is 12.8 Å². The van der Waals surface area contributed by atoms with E-state index >= 15 is 0 Å². The fourth-order valence-corrected chi connectivity index (χ4v) is 1.80. The van der Waals surface area contributed by atoms with Crippen molar-refractivity contribution < 1.29 is 14.3 Å². The molecule has 0 radical (unpaired) electrons. The number of hydrogen-bond donors (Lipinski definition) is 1. The fraction of sp³-hybridized carbons (Fsp3) is 0.167. The second-order valence-corrected chi connectivity index (χ2v) is 4.05. The molecule has 1 heterocycles. The third-order valence-corrected chi connectivity index (χ3v) is 2.54. The predicted octanol–water partition coefficient (Wildman–Crippen LogP) is 2.37. The molecule has 1 atom stereocenters. The molecule has 1 aliphatic heterocycles. The lowest BCUT2D eigenvalue weighted by Crippen LogP contribution is -2.08. The maximum atomic E-state index is 11.4. The Morgan fingerprint density at radius 3 is 2.47 bits per heavy atom. The van der Waals surface area contributed by atoms with Crippen LogP contribution in [0.25, 0.3) is 0 Å². The molecule has 0 fully saturated rings. The standard InChI is InChI=1S/C12H10ClNO3/c1-7(15)14-9-4-2-8(3-5-9)10-6-11(13)17-12(10)16/h2-6,10H,1H3,(H,14,15). The van der Waals surface area contributed by atoms with Crippen LogP contribution in [-0.4, -0.2) is 11.9 Å². The van der Waals surface area contributed by atoms with E-state index < -0.39 is 5.92 Å². The Morgan fingerprint density at radius 1 is 1.35 bits per heavy atom. The molecular weight excluding hydrogens is 242 g/mol. The molecule has 1 amide bonds. The van der Waals surface area contributed by atoms with Crippen molar-refractivity contribution in [2.24, 2.45) is 0 Å². The van der Waals surface area contributed by atoms with Gasteiger partial charge in [-0.3, -0.25) is 9.59 Å². The molecule has 1 N–H and O–H groups in total. The van der Waals surface area contributed by atoms with Crippen LogP contribution in [0.1, 0.15) is 18.4 Å². The van der Waals surface area contributed by atoms with Gasteiger partial charge in [0.25, 0.3) is 0 Å². The zero-order chi connectivity index (χ0) is 12.4. The Morgan fingerprint density at radius 2 is 2.00 bits per heavy atom. The van der Waals surface area contributed by atoms with E-state index in [9.17, 15) is 9.59 Å². The molecule has 0 aliphatic carbocycles. The Labute approximate surface area is 103 Å². The topological polar surface area (TPSA) is 55.4 Å². The molecule has 1 aliphatic rings. The summed E-state index contributed by atoms with van der Waals surface area (Å²) in [4.78, 5) is 22.3. The third-order valence-electron chi connectivity index (χ3n) is 2.34. The van der Waals surface area contributed by atoms with Crippen LogP contribution in [0, 0.1) is 0 Å². The Bertz CT molecular complexity index is 493. The lowest BCUT2D eigenvalue weighted by Gasteiger charge is -2.06. The number of benzene rings is 1. The fourth-order valence-electron chi connectivity index (χ4n) is 1.60. The summed E-state index contributed by atoms with van der Waals surface area (Å²) in [6, 6.07) is 6.96. The molecule has 4 nitrogen and oxygen atoms in total. The van der Waals surface area contributed by atoms with Crippen LogP contribution in [0.5, 0.6) is 0 Å². The Balaban J connectivity index is 2.18. The number of hydrogen-bond acceptors (Lipinski definition) is 3. The van der Waals surface area contributed by atoms with E-state index in [4.69, 9.17) is 16.3 Å². The highest BCUT2D eigenvalue weighted by Crippen LogP contribution is 2.29. The minimum absolute atomic E-state index is 0.103. The average molecular weight is 252 g/mol. The van der Waals surface area contributed by atoms with Crippen LogP contribution in [0.2, 0.25) is 0 Å². The van der Waals surface area contributed by atoms with Crippen LogP contribution in [0.15, 0.2) is 35.6 Å². The number of nitrogens with one attached hydrogen (secondary N) is 1. The predicted molar refractivity (Wildman–Crippen MR) is 63.5 cm³/mol. The molecule has 5 heteroatoms. The SMILES string of the molecule is CC(=O)Nc1ccc(C2C=C(Cl)OC2=O)cc1. The molecular formula is C12H10ClNO3. The second kappa shape index (κ2) is 4.59. The lowest BCUT2D eigenvalue weighted by atomic mass is 10.0. The number of esters is 1. The highest BCUT2D eigenvalue weighted by molar-refractivity contribution is 6.30. The number of amides is 1. The summed E-state index contributed by atoms with van der Waals surface area (Å²) < 4.78 is 4.74. The maximum Gasteiger partial charge on any atom is 0.323 e. The van der Waals surface area contributed by atoms with Gasteiger partial charge in [0.1, 0.15) is 5.92 Å². The number of rotatable bonds is 2. The molecule has 88 valence electrons. The van der Waals surface area contributed by atoms with Crippen molar-refractivity contribution in [1.29, 1.82) is 0 Å². The second-order valence-electron chi connectivity index (χ2n) is 3.67. The largest absolute Gasteiger partial charge is 0.414 e.